The number of rotatable bonds is 6. The fourth-order valence-electron chi connectivity index (χ4n) is 2.33. The number of nitrogens with zero attached hydrogens (tertiary/aromatic N) is 4. The van der Waals surface area contributed by atoms with Crippen LogP contribution in [0.15, 0.2) is 71.1 Å². The van der Waals surface area contributed by atoms with Crippen LogP contribution in [0.1, 0.15) is 11.1 Å². The minimum Gasteiger partial charge on any atom is -0.493 e. The minimum absolute atomic E-state index is 0.626. The van der Waals surface area contributed by atoms with Crippen molar-refractivity contribution in [3.05, 3.63) is 72.1 Å². The normalized spacial score (nSPS) is 11.3. The maximum Gasteiger partial charge on any atom is 0.169 e. The summed E-state index contributed by atoms with van der Waals surface area (Å²) >= 11 is 0. The largest absolute Gasteiger partial charge is 0.493 e. The summed E-state index contributed by atoms with van der Waals surface area (Å²) < 4.78 is 12.4. The lowest BCUT2D eigenvalue weighted by molar-refractivity contribution is 0.354. The van der Waals surface area contributed by atoms with Crippen LogP contribution in [0.3, 0.4) is 0 Å². The van der Waals surface area contributed by atoms with Gasteiger partial charge in [-0.15, -0.1) is 0 Å². The minimum atomic E-state index is 0.626. The number of aromatic nitrogens is 2. The van der Waals surface area contributed by atoms with Crippen molar-refractivity contribution in [2.45, 2.75) is 0 Å². The molecular weight excluding hydrogens is 316 g/mol. The molecule has 126 valence electrons. The van der Waals surface area contributed by atoms with Crippen LogP contribution >= 0.6 is 0 Å². The highest BCUT2D eigenvalue weighted by Gasteiger charge is 2.06. The molecule has 0 atom stereocenters. The van der Waals surface area contributed by atoms with Crippen molar-refractivity contribution in [1.29, 1.82) is 0 Å². The summed E-state index contributed by atoms with van der Waals surface area (Å²) in [6.45, 7) is 0. The van der Waals surface area contributed by atoms with E-state index in [-0.39, 0.29) is 0 Å². The Hall–Kier alpha value is -3.41. The zero-order chi connectivity index (χ0) is 17.5. The van der Waals surface area contributed by atoms with Gasteiger partial charge in [0.25, 0.3) is 0 Å². The summed E-state index contributed by atoms with van der Waals surface area (Å²) in [5.41, 5.74) is 2.64. The van der Waals surface area contributed by atoms with Crippen molar-refractivity contribution in [3.8, 4) is 17.2 Å². The molecule has 1 heterocycles. The Labute approximate surface area is 146 Å². The Bertz CT molecular complexity index is 885. The van der Waals surface area contributed by atoms with E-state index in [1.54, 1.807) is 37.5 Å². The third-order valence-corrected chi connectivity index (χ3v) is 3.53. The van der Waals surface area contributed by atoms with Gasteiger partial charge in [-0.3, -0.25) is 0 Å². The van der Waals surface area contributed by atoms with Gasteiger partial charge >= 0.3 is 0 Å². The molecule has 6 heteroatoms. The molecule has 0 saturated carbocycles. The summed E-state index contributed by atoms with van der Waals surface area (Å²) in [7, 11) is 3.19. The van der Waals surface area contributed by atoms with E-state index in [9.17, 15) is 0 Å². The van der Waals surface area contributed by atoms with E-state index in [4.69, 9.17) is 9.47 Å². The lowest BCUT2D eigenvalue weighted by Gasteiger charge is -2.08. The SMILES string of the molecule is COc1cccc(/C=N/N=C/c2cnn(-c3ccccc3)c2)c1OC. The van der Waals surface area contributed by atoms with E-state index in [0.717, 1.165) is 16.8 Å². The van der Waals surface area contributed by atoms with Gasteiger partial charge in [-0.25, -0.2) is 4.68 Å². The summed E-state index contributed by atoms with van der Waals surface area (Å²) in [4.78, 5) is 0. The van der Waals surface area contributed by atoms with E-state index in [2.05, 4.69) is 15.3 Å². The highest BCUT2D eigenvalue weighted by atomic mass is 16.5. The molecule has 2 aromatic carbocycles. The summed E-state index contributed by atoms with van der Waals surface area (Å²) in [5.74, 6) is 1.28. The molecule has 0 spiro atoms. The molecule has 0 saturated heterocycles. The first-order valence-electron chi connectivity index (χ1n) is 7.69. The van der Waals surface area contributed by atoms with Crippen LogP contribution in [0.4, 0.5) is 0 Å². The van der Waals surface area contributed by atoms with Crippen LogP contribution in [0, 0.1) is 0 Å². The van der Waals surface area contributed by atoms with Gasteiger partial charge in [-0.2, -0.15) is 15.3 Å². The van der Waals surface area contributed by atoms with E-state index < -0.39 is 0 Å². The van der Waals surface area contributed by atoms with Crippen molar-refractivity contribution in [2.75, 3.05) is 14.2 Å². The van der Waals surface area contributed by atoms with Crippen molar-refractivity contribution in [1.82, 2.24) is 9.78 Å². The van der Waals surface area contributed by atoms with Crippen LogP contribution in [0.25, 0.3) is 5.69 Å². The van der Waals surface area contributed by atoms with Gasteiger partial charge < -0.3 is 9.47 Å². The van der Waals surface area contributed by atoms with Crippen molar-refractivity contribution >= 4 is 12.4 Å². The Morgan fingerprint density at radius 2 is 1.72 bits per heavy atom. The lowest BCUT2D eigenvalue weighted by Crippen LogP contribution is -1.94. The van der Waals surface area contributed by atoms with Crippen LogP contribution < -0.4 is 9.47 Å². The van der Waals surface area contributed by atoms with E-state index in [0.29, 0.717) is 11.5 Å². The quantitative estimate of drug-likeness (QED) is 0.513. The maximum absolute atomic E-state index is 5.35. The number of para-hydroxylation sites is 2. The number of hydrogen-bond donors (Lipinski definition) is 0. The van der Waals surface area contributed by atoms with Crippen LogP contribution in [0.2, 0.25) is 0 Å². The standard InChI is InChI=1S/C19H18N4O2/c1-24-18-10-6-7-16(19(18)25-2)13-21-20-11-15-12-22-23(14-15)17-8-4-3-5-9-17/h3-14H,1-2H3/b20-11+,21-13+. The third-order valence-electron chi connectivity index (χ3n) is 3.53. The van der Waals surface area contributed by atoms with E-state index in [1.165, 1.54) is 0 Å². The molecule has 0 aliphatic rings. The molecule has 0 unspecified atom stereocenters. The Balaban J connectivity index is 1.72. The summed E-state index contributed by atoms with van der Waals surface area (Å²) in [5, 5.41) is 12.5. The summed E-state index contributed by atoms with van der Waals surface area (Å²) in [6.07, 6.45) is 6.90. The zero-order valence-corrected chi connectivity index (χ0v) is 14.0. The summed E-state index contributed by atoms with van der Waals surface area (Å²) in [6, 6.07) is 15.5. The smallest absolute Gasteiger partial charge is 0.169 e. The topological polar surface area (TPSA) is 61.0 Å². The molecule has 3 rings (SSSR count). The highest BCUT2D eigenvalue weighted by molar-refractivity contribution is 5.86. The number of hydrogen-bond acceptors (Lipinski definition) is 5. The molecule has 3 aromatic rings. The van der Waals surface area contributed by atoms with Crippen molar-refractivity contribution in [3.63, 3.8) is 0 Å². The van der Waals surface area contributed by atoms with Gasteiger partial charge in [0.05, 0.1) is 38.5 Å². The van der Waals surface area contributed by atoms with Gasteiger partial charge in [0.15, 0.2) is 11.5 Å². The molecule has 6 nitrogen and oxygen atoms in total. The number of methoxy groups -OCH3 is 2. The van der Waals surface area contributed by atoms with Gasteiger partial charge in [0.2, 0.25) is 0 Å². The zero-order valence-electron chi connectivity index (χ0n) is 14.0. The maximum atomic E-state index is 5.35. The molecule has 0 aliphatic carbocycles. The van der Waals surface area contributed by atoms with Gasteiger partial charge in [0, 0.05) is 17.3 Å². The lowest BCUT2D eigenvalue weighted by atomic mass is 10.2. The van der Waals surface area contributed by atoms with E-state index in [1.807, 2.05) is 54.7 Å². The average molecular weight is 334 g/mol. The molecule has 0 amide bonds. The fourth-order valence-corrected chi connectivity index (χ4v) is 2.33. The molecular formula is C19H18N4O2. The molecule has 25 heavy (non-hydrogen) atoms. The van der Waals surface area contributed by atoms with Gasteiger partial charge in [-0.05, 0) is 24.3 Å². The average Bonchev–Trinajstić information content (AvgIpc) is 3.14. The Kier molecular flexibility index (Phi) is 5.21. The van der Waals surface area contributed by atoms with Crippen molar-refractivity contribution < 1.29 is 9.47 Å². The predicted octanol–water partition coefficient (Wildman–Crippen LogP) is 3.34. The third kappa shape index (κ3) is 3.92. The first kappa shape index (κ1) is 16.4. The molecule has 0 bridgehead atoms. The van der Waals surface area contributed by atoms with Gasteiger partial charge in [0.1, 0.15) is 0 Å². The first-order chi connectivity index (χ1) is 12.3. The van der Waals surface area contributed by atoms with Crippen molar-refractivity contribution in [2.24, 2.45) is 10.2 Å². The molecule has 1 aromatic heterocycles. The monoisotopic (exact) mass is 334 g/mol. The second kappa shape index (κ2) is 7.92. The fraction of sp³-hybridized carbons (Fsp3) is 0.105. The molecule has 0 N–H and O–H groups in total. The second-order valence-corrected chi connectivity index (χ2v) is 5.13. The highest BCUT2D eigenvalue weighted by Crippen LogP contribution is 2.29. The molecule has 0 aliphatic heterocycles. The van der Waals surface area contributed by atoms with E-state index >= 15 is 0 Å². The van der Waals surface area contributed by atoms with Crippen LogP contribution in [-0.2, 0) is 0 Å². The predicted molar refractivity (Wildman–Crippen MR) is 98.3 cm³/mol. The molecule has 0 fully saturated rings. The van der Waals surface area contributed by atoms with Crippen LogP contribution in [0.5, 0.6) is 11.5 Å². The Morgan fingerprint density at radius 3 is 2.48 bits per heavy atom. The number of benzene rings is 2. The molecule has 0 radical (unpaired) electrons. The first-order valence-corrected chi connectivity index (χ1v) is 7.69. The number of ether oxygens (including phenoxy) is 2. The Morgan fingerprint density at radius 1 is 0.920 bits per heavy atom. The van der Waals surface area contributed by atoms with Gasteiger partial charge in [-0.1, -0.05) is 24.3 Å². The van der Waals surface area contributed by atoms with Crippen LogP contribution in [-0.4, -0.2) is 36.4 Å². The second-order valence-electron chi connectivity index (χ2n) is 5.13.